The third-order valence-electron chi connectivity index (χ3n) is 4.02. The Labute approximate surface area is 153 Å². The van der Waals surface area contributed by atoms with Crippen LogP contribution in [0.15, 0.2) is 46.3 Å². The zero-order valence-corrected chi connectivity index (χ0v) is 15.6. The molecule has 0 spiro atoms. The maximum atomic E-state index is 12.6. The van der Waals surface area contributed by atoms with Crippen LogP contribution in [0.4, 0.5) is 0 Å². The average molecular weight is 390 g/mol. The lowest BCUT2D eigenvalue weighted by Gasteiger charge is -2.03. The molecular formula is C17H14N2O5S2. The number of ether oxygens (including phenoxy) is 2. The Hall–Kier alpha value is -2.65. The molecule has 1 aliphatic heterocycles. The van der Waals surface area contributed by atoms with Gasteiger partial charge < -0.3 is 14.0 Å². The SMILES string of the molecule is Cn1c(=NC(=O)c2ccccc2S(C)(=O)=O)sc2cc3c(cc21)OCO3. The molecule has 0 radical (unpaired) electrons. The molecule has 1 amide bonds. The van der Waals surface area contributed by atoms with Gasteiger partial charge in [0.25, 0.3) is 5.91 Å². The van der Waals surface area contributed by atoms with E-state index in [9.17, 15) is 13.2 Å². The highest BCUT2D eigenvalue weighted by molar-refractivity contribution is 7.90. The first kappa shape index (κ1) is 16.8. The van der Waals surface area contributed by atoms with Crippen LogP contribution in [0.1, 0.15) is 10.4 Å². The lowest BCUT2D eigenvalue weighted by molar-refractivity contribution is 0.0995. The van der Waals surface area contributed by atoms with Crippen LogP contribution in [-0.2, 0) is 16.9 Å². The van der Waals surface area contributed by atoms with Crippen molar-refractivity contribution in [2.75, 3.05) is 13.0 Å². The van der Waals surface area contributed by atoms with Gasteiger partial charge in [-0.05, 0) is 12.1 Å². The van der Waals surface area contributed by atoms with Crippen LogP contribution in [0.25, 0.3) is 10.2 Å². The molecule has 0 N–H and O–H groups in total. The molecule has 0 bridgehead atoms. The van der Waals surface area contributed by atoms with Crippen molar-refractivity contribution < 1.29 is 22.7 Å². The van der Waals surface area contributed by atoms with Crippen LogP contribution in [0, 0.1) is 0 Å². The van der Waals surface area contributed by atoms with E-state index in [1.807, 2.05) is 12.1 Å². The van der Waals surface area contributed by atoms with Gasteiger partial charge in [0, 0.05) is 25.4 Å². The second-order valence-electron chi connectivity index (χ2n) is 5.80. The number of fused-ring (bicyclic) bond motifs is 2. The number of rotatable bonds is 2. The molecule has 2 aromatic carbocycles. The van der Waals surface area contributed by atoms with E-state index in [1.54, 1.807) is 23.7 Å². The zero-order chi connectivity index (χ0) is 18.5. The highest BCUT2D eigenvalue weighted by atomic mass is 32.2. The first-order valence-corrected chi connectivity index (χ1v) is 10.3. The van der Waals surface area contributed by atoms with Gasteiger partial charge in [0.1, 0.15) is 0 Å². The first-order valence-electron chi connectivity index (χ1n) is 7.62. The predicted octanol–water partition coefficient (Wildman–Crippen LogP) is 2.11. The van der Waals surface area contributed by atoms with Crippen LogP contribution < -0.4 is 14.3 Å². The van der Waals surface area contributed by atoms with Crippen molar-refractivity contribution in [3.63, 3.8) is 0 Å². The number of aromatic nitrogens is 1. The number of amides is 1. The molecule has 0 fully saturated rings. The van der Waals surface area contributed by atoms with Crippen molar-refractivity contribution in [2.24, 2.45) is 12.0 Å². The van der Waals surface area contributed by atoms with Crippen molar-refractivity contribution in [3.05, 3.63) is 46.8 Å². The summed E-state index contributed by atoms with van der Waals surface area (Å²) in [6.07, 6.45) is 1.07. The second kappa shape index (κ2) is 5.96. The van der Waals surface area contributed by atoms with E-state index < -0.39 is 15.7 Å². The van der Waals surface area contributed by atoms with Gasteiger partial charge in [-0.2, -0.15) is 4.99 Å². The number of hydrogen-bond donors (Lipinski definition) is 0. The van der Waals surface area contributed by atoms with E-state index in [2.05, 4.69) is 4.99 Å². The van der Waals surface area contributed by atoms with Gasteiger partial charge in [-0.1, -0.05) is 23.5 Å². The van der Waals surface area contributed by atoms with E-state index in [-0.39, 0.29) is 17.3 Å². The number of aryl methyl sites for hydroxylation is 1. The van der Waals surface area contributed by atoms with Crippen molar-refractivity contribution in [1.29, 1.82) is 0 Å². The Morgan fingerprint density at radius 1 is 1.19 bits per heavy atom. The zero-order valence-electron chi connectivity index (χ0n) is 13.9. The Morgan fingerprint density at radius 2 is 1.88 bits per heavy atom. The fourth-order valence-electron chi connectivity index (χ4n) is 2.74. The molecule has 1 aliphatic rings. The number of carbonyl (C=O) groups is 1. The van der Waals surface area contributed by atoms with E-state index in [0.29, 0.717) is 16.3 Å². The van der Waals surface area contributed by atoms with Crippen LogP contribution >= 0.6 is 11.3 Å². The number of carbonyl (C=O) groups excluding carboxylic acids is 1. The lowest BCUT2D eigenvalue weighted by Crippen LogP contribution is -2.15. The molecule has 2 heterocycles. The fourth-order valence-corrected chi connectivity index (χ4v) is 4.65. The molecule has 0 saturated heterocycles. The van der Waals surface area contributed by atoms with Gasteiger partial charge >= 0.3 is 0 Å². The van der Waals surface area contributed by atoms with Gasteiger partial charge in [-0.25, -0.2) is 8.42 Å². The summed E-state index contributed by atoms with van der Waals surface area (Å²) in [6, 6.07) is 9.74. The van der Waals surface area contributed by atoms with Gasteiger partial charge in [-0.15, -0.1) is 0 Å². The Balaban J connectivity index is 1.85. The van der Waals surface area contributed by atoms with Crippen molar-refractivity contribution in [2.45, 2.75) is 4.90 Å². The summed E-state index contributed by atoms with van der Waals surface area (Å²) in [6.45, 7) is 0.189. The van der Waals surface area contributed by atoms with Gasteiger partial charge in [0.2, 0.25) is 6.79 Å². The Morgan fingerprint density at radius 3 is 2.62 bits per heavy atom. The number of hydrogen-bond acceptors (Lipinski definition) is 6. The molecular weight excluding hydrogens is 376 g/mol. The molecule has 0 saturated carbocycles. The highest BCUT2D eigenvalue weighted by Crippen LogP contribution is 2.36. The first-order chi connectivity index (χ1) is 12.3. The number of thiazole rings is 1. The maximum absolute atomic E-state index is 12.6. The lowest BCUT2D eigenvalue weighted by atomic mass is 10.2. The van der Waals surface area contributed by atoms with Crippen LogP contribution in [0.5, 0.6) is 11.5 Å². The van der Waals surface area contributed by atoms with Crippen LogP contribution in [0.3, 0.4) is 0 Å². The molecule has 0 aliphatic carbocycles. The largest absolute Gasteiger partial charge is 0.454 e. The molecule has 0 atom stereocenters. The van der Waals surface area contributed by atoms with E-state index in [0.717, 1.165) is 16.5 Å². The second-order valence-corrected chi connectivity index (χ2v) is 8.80. The van der Waals surface area contributed by atoms with Gasteiger partial charge in [0.05, 0.1) is 20.7 Å². The summed E-state index contributed by atoms with van der Waals surface area (Å²) < 4.78 is 37.2. The molecule has 134 valence electrons. The quantitative estimate of drug-likeness (QED) is 0.669. The minimum absolute atomic E-state index is 0.0294. The molecule has 4 rings (SSSR count). The van der Waals surface area contributed by atoms with Crippen LogP contribution in [0.2, 0.25) is 0 Å². The fraction of sp³-hybridized carbons (Fsp3) is 0.176. The van der Waals surface area contributed by atoms with E-state index in [4.69, 9.17) is 9.47 Å². The topological polar surface area (TPSA) is 87.0 Å². The third-order valence-corrected chi connectivity index (χ3v) is 6.27. The monoisotopic (exact) mass is 390 g/mol. The average Bonchev–Trinajstić information content (AvgIpc) is 3.17. The molecule has 0 unspecified atom stereocenters. The number of nitrogens with zero attached hydrogens (tertiary/aromatic N) is 2. The number of sulfone groups is 1. The summed E-state index contributed by atoms with van der Waals surface area (Å²) in [7, 11) is -1.74. The molecule has 7 nitrogen and oxygen atoms in total. The van der Waals surface area contributed by atoms with Crippen molar-refractivity contribution >= 4 is 37.3 Å². The van der Waals surface area contributed by atoms with E-state index >= 15 is 0 Å². The van der Waals surface area contributed by atoms with Crippen LogP contribution in [-0.4, -0.2) is 31.9 Å². The van der Waals surface area contributed by atoms with Gasteiger partial charge in [-0.3, -0.25) is 4.79 Å². The summed E-state index contributed by atoms with van der Waals surface area (Å²) in [5, 5.41) is 0. The smallest absolute Gasteiger partial charge is 0.280 e. The minimum atomic E-state index is -3.53. The summed E-state index contributed by atoms with van der Waals surface area (Å²) in [5.41, 5.74) is 0.906. The standard InChI is InChI=1S/C17H14N2O5S2/c1-19-11-7-12-13(24-9-23-12)8-14(11)25-17(19)18-16(20)10-5-3-4-6-15(10)26(2,21)22/h3-8H,9H2,1-2H3. The summed E-state index contributed by atoms with van der Waals surface area (Å²) in [4.78, 5) is 17.2. The van der Waals surface area contributed by atoms with Gasteiger partial charge in [0.15, 0.2) is 26.1 Å². The Kier molecular flexibility index (Phi) is 3.85. The predicted molar refractivity (Wildman–Crippen MR) is 96.4 cm³/mol. The van der Waals surface area contributed by atoms with Crippen molar-refractivity contribution in [1.82, 2.24) is 4.57 Å². The highest BCUT2D eigenvalue weighted by Gasteiger charge is 2.19. The maximum Gasteiger partial charge on any atom is 0.280 e. The molecule has 26 heavy (non-hydrogen) atoms. The minimum Gasteiger partial charge on any atom is -0.454 e. The Bertz CT molecular complexity index is 1220. The van der Waals surface area contributed by atoms with E-state index in [1.165, 1.54) is 23.5 Å². The molecule has 1 aromatic heterocycles. The molecule has 3 aromatic rings. The summed E-state index contributed by atoms with van der Waals surface area (Å²) in [5.74, 6) is 0.694. The normalized spacial score (nSPS) is 14.2. The van der Waals surface area contributed by atoms with Crippen molar-refractivity contribution in [3.8, 4) is 11.5 Å². The number of benzene rings is 2. The summed E-state index contributed by atoms with van der Waals surface area (Å²) >= 11 is 1.32. The molecule has 9 heteroatoms. The third kappa shape index (κ3) is 2.78.